The fraction of sp³-hybridized carbons (Fsp3) is 0.581. The lowest BCUT2D eigenvalue weighted by atomic mass is 10.0. The standard InChI is InChI=1S/C31H43ClN8O3S/c1-20-16-21(17-25(32)27(20)33)18-26(29(41)38-13-11-37(12-14-38)23-2-7-34-8-3-23)35-30(42)39-9-4-24(5-10-39)40-19-22-6-15-44-28(22)36-31(40)43/h6,15-17,23-24,26,34H,2-5,7-14,18-19,33H2,1H3,(H,35,42)(H,36,43)/t26-/m1/s1. The van der Waals surface area contributed by atoms with Crippen molar-refractivity contribution in [1.82, 2.24) is 30.2 Å². The van der Waals surface area contributed by atoms with Gasteiger partial charge in [0.15, 0.2) is 0 Å². The molecule has 0 unspecified atom stereocenters. The van der Waals surface area contributed by atoms with Crippen LogP contribution in [0.2, 0.25) is 5.02 Å². The molecule has 4 aliphatic rings. The minimum absolute atomic E-state index is 0.0562. The van der Waals surface area contributed by atoms with Crippen molar-refractivity contribution < 1.29 is 14.4 Å². The van der Waals surface area contributed by atoms with Gasteiger partial charge >= 0.3 is 12.1 Å². The van der Waals surface area contributed by atoms with E-state index in [-0.39, 0.29) is 24.0 Å². The zero-order chi connectivity index (χ0) is 30.8. The number of piperazine rings is 1. The number of urea groups is 2. The number of amides is 5. The van der Waals surface area contributed by atoms with E-state index >= 15 is 0 Å². The molecule has 3 saturated heterocycles. The van der Waals surface area contributed by atoms with Crippen LogP contribution in [0.25, 0.3) is 0 Å². The SMILES string of the molecule is Cc1cc(C[C@@H](NC(=O)N2CCC(N3Cc4ccsc4NC3=O)CC2)C(=O)N2CCN(C3CCNCC3)CC2)cc(Cl)c1N. The van der Waals surface area contributed by atoms with E-state index in [0.717, 1.165) is 60.7 Å². The third-order valence-electron chi connectivity index (χ3n) is 9.64. The number of rotatable bonds is 6. The highest BCUT2D eigenvalue weighted by atomic mass is 35.5. The fourth-order valence-electron chi connectivity index (χ4n) is 6.99. The number of hydrogen-bond donors (Lipinski definition) is 4. The van der Waals surface area contributed by atoms with Gasteiger partial charge in [-0.3, -0.25) is 15.0 Å². The maximum Gasteiger partial charge on any atom is 0.323 e. The molecule has 11 nitrogen and oxygen atoms in total. The molecule has 0 spiro atoms. The second-order valence-corrected chi connectivity index (χ2v) is 13.7. The number of nitrogens with zero attached hydrogens (tertiary/aromatic N) is 4. The summed E-state index contributed by atoms with van der Waals surface area (Å²) in [5.74, 6) is -0.0691. The lowest BCUT2D eigenvalue weighted by Crippen LogP contribution is -2.59. The molecule has 4 aliphatic heterocycles. The smallest absolute Gasteiger partial charge is 0.323 e. The predicted molar refractivity (Wildman–Crippen MR) is 174 cm³/mol. The van der Waals surface area contributed by atoms with Gasteiger partial charge in [0.05, 0.1) is 17.3 Å². The molecule has 1 aromatic carbocycles. The third kappa shape index (κ3) is 6.78. The first kappa shape index (κ1) is 30.9. The van der Waals surface area contributed by atoms with Crippen LogP contribution in [-0.2, 0) is 17.8 Å². The molecule has 5 N–H and O–H groups in total. The van der Waals surface area contributed by atoms with Crippen molar-refractivity contribution in [2.75, 3.05) is 63.4 Å². The number of carbonyl (C=O) groups is 3. The summed E-state index contributed by atoms with van der Waals surface area (Å²) >= 11 is 7.94. The number of aryl methyl sites for hydroxylation is 1. The molecule has 44 heavy (non-hydrogen) atoms. The Balaban J connectivity index is 1.09. The lowest BCUT2D eigenvalue weighted by Gasteiger charge is -2.42. The van der Waals surface area contributed by atoms with Crippen LogP contribution in [0.1, 0.15) is 42.4 Å². The number of anilines is 2. The fourth-order valence-corrected chi connectivity index (χ4v) is 8.08. The van der Waals surface area contributed by atoms with Crippen molar-refractivity contribution in [1.29, 1.82) is 0 Å². The van der Waals surface area contributed by atoms with Crippen LogP contribution in [-0.4, -0.2) is 108 Å². The second kappa shape index (κ2) is 13.5. The Kier molecular flexibility index (Phi) is 9.51. The van der Waals surface area contributed by atoms with Gasteiger partial charge in [0.1, 0.15) is 11.0 Å². The zero-order valence-corrected chi connectivity index (χ0v) is 26.9. The Labute approximate surface area is 268 Å². The zero-order valence-electron chi connectivity index (χ0n) is 25.3. The monoisotopic (exact) mass is 642 g/mol. The summed E-state index contributed by atoms with van der Waals surface area (Å²) in [5, 5.41) is 12.9. The van der Waals surface area contributed by atoms with Crippen molar-refractivity contribution >= 4 is 51.6 Å². The molecule has 6 rings (SSSR count). The van der Waals surface area contributed by atoms with Crippen LogP contribution in [0.15, 0.2) is 23.6 Å². The van der Waals surface area contributed by atoms with E-state index in [1.54, 1.807) is 22.3 Å². The molecule has 5 heterocycles. The van der Waals surface area contributed by atoms with Crippen molar-refractivity contribution in [3.63, 3.8) is 0 Å². The average molecular weight is 643 g/mol. The Morgan fingerprint density at radius 1 is 1.05 bits per heavy atom. The maximum atomic E-state index is 14.0. The number of hydrogen-bond acceptors (Lipinski definition) is 7. The van der Waals surface area contributed by atoms with E-state index in [2.05, 4.69) is 26.9 Å². The number of piperidine rings is 2. The number of fused-ring (bicyclic) bond motifs is 1. The van der Waals surface area contributed by atoms with E-state index in [0.29, 0.717) is 68.7 Å². The molecule has 0 saturated carbocycles. The number of nitrogens with two attached hydrogens (primary N) is 1. The molecule has 0 radical (unpaired) electrons. The molecule has 3 fully saturated rings. The van der Waals surface area contributed by atoms with Gasteiger partial charge in [-0.25, -0.2) is 9.59 Å². The summed E-state index contributed by atoms with van der Waals surface area (Å²) in [6.45, 7) is 8.57. The number of nitrogen functional groups attached to an aromatic ring is 1. The average Bonchev–Trinajstić information content (AvgIpc) is 3.50. The highest BCUT2D eigenvalue weighted by Gasteiger charge is 2.35. The molecule has 1 atom stereocenters. The van der Waals surface area contributed by atoms with Gasteiger partial charge < -0.3 is 31.1 Å². The van der Waals surface area contributed by atoms with Crippen LogP contribution < -0.4 is 21.7 Å². The highest BCUT2D eigenvalue weighted by molar-refractivity contribution is 7.14. The first-order chi connectivity index (χ1) is 21.3. The number of carbonyl (C=O) groups excluding carboxylic acids is 3. The summed E-state index contributed by atoms with van der Waals surface area (Å²) in [4.78, 5) is 48.4. The number of benzene rings is 1. The van der Waals surface area contributed by atoms with Gasteiger partial charge in [-0.2, -0.15) is 0 Å². The predicted octanol–water partition coefficient (Wildman–Crippen LogP) is 3.32. The van der Waals surface area contributed by atoms with Gasteiger partial charge in [0, 0.05) is 63.3 Å². The van der Waals surface area contributed by atoms with E-state index in [1.165, 1.54) is 0 Å². The van der Waals surface area contributed by atoms with Crippen LogP contribution in [0.5, 0.6) is 0 Å². The van der Waals surface area contributed by atoms with Crippen molar-refractivity contribution in [3.8, 4) is 0 Å². The molecule has 0 bridgehead atoms. The number of thiophene rings is 1. The topological polar surface area (TPSA) is 126 Å². The van der Waals surface area contributed by atoms with Crippen LogP contribution in [0.4, 0.5) is 20.3 Å². The lowest BCUT2D eigenvalue weighted by molar-refractivity contribution is -0.135. The summed E-state index contributed by atoms with van der Waals surface area (Å²) in [7, 11) is 0. The first-order valence-corrected chi connectivity index (χ1v) is 17.0. The maximum absolute atomic E-state index is 14.0. The first-order valence-electron chi connectivity index (χ1n) is 15.7. The van der Waals surface area contributed by atoms with Gasteiger partial charge in [0.2, 0.25) is 5.91 Å². The van der Waals surface area contributed by atoms with E-state index in [9.17, 15) is 14.4 Å². The molecule has 5 amide bonds. The number of nitrogens with one attached hydrogen (secondary N) is 3. The molecule has 0 aliphatic carbocycles. The van der Waals surface area contributed by atoms with Gasteiger partial charge in [-0.05, 0) is 74.3 Å². The van der Waals surface area contributed by atoms with Crippen molar-refractivity contribution in [3.05, 3.63) is 45.3 Å². The summed E-state index contributed by atoms with van der Waals surface area (Å²) in [6.07, 6.45) is 3.97. The van der Waals surface area contributed by atoms with E-state index in [1.807, 2.05) is 28.2 Å². The number of halogens is 1. The van der Waals surface area contributed by atoms with Crippen LogP contribution in [0.3, 0.4) is 0 Å². The molecule has 13 heteroatoms. The highest BCUT2D eigenvalue weighted by Crippen LogP contribution is 2.32. The largest absolute Gasteiger partial charge is 0.397 e. The van der Waals surface area contributed by atoms with E-state index < -0.39 is 6.04 Å². The Bertz CT molecular complexity index is 1340. The summed E-state index contributed by atoms with van der Waals surface area (Å²) in [5.41, 5.74) is 9.44. The van der Waals surface area contributed by atoms with E-state index in [4.69, 9.17) is 17.3 Å². The summed E-state index contributed by atoms with van der Waals surface area (Å²) in [6, 6.07) is 5.35. The summed E-state index contributed by atoms with van der Waals surface area (Å²) < 4.78 is 0. The molecular formula is C31H43ClN8O3S. The van der Waals surface area contributed by atoms with Crippen molar-refractivity contribution in [2.24, 2.45) is 0 Å². The van der Waals surface area contributed by atoms with Gasteiger partial charge in [-0.15, -0.1) is 11.3 Å². The molecular weight excluding hydrogens is 600 g/mol. The molecule has 1 aromatic heterocycles. The van der Waals surface area contributed by atoms with Gasteiger partial charge in [-0.1, -0.05) is 17.7 Å². The quantitative estimate of drug-likeness (QED) is 0.358. The van der Waals surface area contributed by atoms with Crippen molar-refractivity contribution in [2.45, 2.75) is 63.7 Å². The van der Waals surface area contributed by atoms with Gasteiger partial charge in [0.25, 0.3) is 0 Å². The third-order valence-corrected chi connectivity index (χ3v) is 10.8. The van der Waals surface area contributed by atoms with Crippen LogP contribution >= 0.6 is 22.9 Å². The molecule has 2 aromatic rings. The minimum atomic E-state index is -0.727. The second-order valence-electron chi connectivity index (χ2n) is 12.4. The normalized spacial score (nSPS) is 21.1. The number of likely N-dealkylation sites (tertiary alicyclic amines) is 1. The Morgan fingerprint density at radius 3 is 2.48 bits per heavy atom. The Hall–Kier alpha value is -3.06. The van der Waals surface area contributed by atoms with Crippen LogP contribution in [0, 0.1) is 6.92 Å². The Morgan fingerprint density at radius 2 is 1.77 bits per heavy atom. The molecule has 238 valence electrons. The minimum Gasteiger partial charge on any atom is -0.397 e.